The van der Waals surface area contributed by atoms with Crippen LogP contribution >= 0.6 is 0 Å². The topological polar surface area (TPSA) is 43.8 Å². The highest BCUT2D eigenvalue weighted by molar-refractivity contribution is 5.48. The number of aromatic nitrogens is 2. The summed E-state index contributed by atoms with van der Waals surface area (Å²) in [5.74, 6) is 0. The van der Waals surface area contributed by atoms with Gasteiger partial charge in [-0.1, -0.05) is 17.7 Å². The summed E-state index contributed by atoms with van der Waals surface area (Å²) < 4.78 is 1.98. The van der Waals surface area contributed by atoms with E-state index in [0.29, 0.717) is 0 Å². The average molecular weight is 243 g/mol. The number of hydrogen-bond acceptors (Lipinski definition) is 2. The van der Waals surface area contributed by atoms with Gasteiger partial charge in [-0.05, 0) is 56.8 Å². The molecule has 0 radical (unpaired) electrons. The fraction of sp³-hybridized carbons (Fsp3) is 0.400. The highest BCUT2D eigenvalue weighted by Crippen LogP contribution is 2.20. The van der Waals surface area contributed by atoms with E-state index in [1.807, 2.05) is 10.9 Å². The third kappa shape index (κ3) is 2.62. The standard InChI is InChI=1S/C15H21N3/c1-11-7-12(2)15(13(3)8-11)18-10-14(9-17-18)5-4-6-16/h7-10H,4-6,16H2,1-3H3. The first kappa shape index (κ1) is 12.8. The molecule has 0 bridgehead atoms. The zero-order valence-electron chi connectivity index (χ0n) is 11.4. The van der Waals surface area contributed by atoms with Gasteiger partial charge in [-0.15, -0.1) is 0 Å². The van der Waals surface area contributed by atoms with E-state index < -0.39 is 0 Å². The van der Waals surface area contributed by atoms with Crippen LogP contribution in [0.3, 0.4) is 0 Å². The molecule has 0 atom stereocenters. The van der Waals surface area contributed by atoms with Crippen LogP contribution in [-0.2, 0) is 6.42 Å². The molecular formula is C15H21N3. The second kappa shape index (κ2) is 5.36. The molecule has 0 aliphatic heterocycles. The van der Waals surface area contributed by atoms with E-state index in [4.69, 9.17) is 5.73 Å². The maximum atomic E-state index is 5.53. The molecule has 18 heavy (non-hydrogen) atoms. The Morgan fingerprint density at radius 2 is 1.83 bits per heavy atom. The molecule has 2 N–H and O–H groups in total. The van der Waals surface area contributed by atoms with Crippen molar-refractivity contribution in [1.29, 1.82) is 0 Å². The van der Waals surface area contributed by atoms with Gasteiger partial charge in [-0.2, -0.15) is 5.10 Å². The van der Waals surface area contributed by atoms with Gasteiger partial charge >= 0.3 is 0 Å². The molecular weight excluding hydrogens is 222 g/mol. The third-order valence-corrected chi connectivity index (χ3v) is 3.17. The highest BCUT2D eigenvalue weighted by Gasteiger charge is 2.07. The number of benzene rings is 1. The van der Waals surface area contributed by atoms with E-state index in [1.165, 1.54) is 27.9 Å². The summed E-state index contributed by atoms with van der Waals surface area (Å²) in [5, 5.41) is 4.47. The first-order valence-electron chi connectivity index (χ1n) is 6.43. The van der Waals surface area contributed by atoms with E-state index in [-0.39, 0.29) is 0 Å². The lowest BCUT2D eigenvalue weighted by molar-refractivity contribution is 0.830. The van der Waals surface area contributed by atoms with Gasteiger partial charge in [-0.3, -0.25) is 0 Å². The van der Waals surface area contributed by atoms with Crippen LogP contribution < -0.4 is 5.73 Å². The summed E-state index contributed by atoms with van der Waals surface area (Å²) in [6, 6.07) is 4.40. The monoisotopic (exact) mass is 243 g/mol. The molecule has 3 nitrogen and oxygen atoms in total. The zero-order valence-corrected chi connectivity index (χ0v) is 11.4. The Morgan fingerprint density at radius 3 is 2.44 bits per heavy atom. The van der Waals surface area contributed by atoms with Crippen LogP contribution in [0.5, 0.6) is 0 Å². The van der Waals surface area contributed by atoms with E-state index in [1.54, 1.807) is 0 Å². The van der Waals surface area contributed by atoms with Crippen molar-refractivity contribution < 1.29 is 0 Å². The summed E-state index contributed by atoms with van der Waals surface area (Å²) >= 11 is 0. The lowest BCUT2D eigenvalue weighted by atomic mass is 10.1. The summed E-state index contributed by atoms with van der Waals surface area (Å²) in [7, 11) is 0. The van der Waals surface area contributed by atoms with E-state index in [0.717, 1.165) is 19.4 Å². The molecule has 1 heterocycles. The van der Waals surface area contributed by atoms with Gasteiger partial charge in [-0.25, -0.2) is 4.68 Å². The van der Waals surface area contributed by atoms with Crippen molar-refractivity contribution in [3.63, 3.8) is 0 Å². The van der Waals surface area contributed by atoms with Gasteiger partial charge in [0, 0.05) is 6.20 Å². The Labute approximate surface area is 109 Å². The molecule has 0 spiro atoms. The van der Waals surface area contributed by atoms with Crippen LogP contribution in [0.25, 0.3) is 5.69 Å². The minimum absolute atomic E-state index is 0.730. The summed E-state index contributed by atoms with van der Waals surface area (Å²) in [6.07, 6.45) is 6.06. The SMILES string of the molecule is Cc1cc(C)c(-n2cc(CCCN)cn2)c(C)c1. The fourth-order valence-electron chi connectivity index (χ4n) is 2.45. The Morgan fingerprint density at radius 1 is 1.17 bits per heavy atom. The van der Waals surface area contributed by atoms with Gasteiger partial charge in [0.1, 0.15) is 0 Å². The van der Waals surface area contributed by atoms with Gasteiger partial charge in [0.15, 0.2) is 0 Å². The Bertz CT molecular complexity index is 517. The number of aryl methyl sites for hydroxylation is 4. The number of nitrogens with zero attached hydrogens (tertiary/aromatic N) is 2. The maximum absolute atomic E-state index is 5.53. The molecule has 0 amide bonds. The van der Waals surface area contributed by atoms with Crippen molar-refractivity contribution in [1.82, 2.24) is 9.78 Å². The van der Waals surface area contributed by atoms with Crippen molar-refractivity contribution in [3.05, 3.63) is 46.8 Å². The quantitative estimate of drug-likeness (QED) is 0.897. The highest BCUT2D eigenvalue weighted by atomic mass is 15.3. The van der Waals surface area contributed by atoms with Crippen molar-refractivity contribution in [2.75, 3.05) is 6.54 Å². The fourth-order valence-corrected chi connectivity index (χ4v) is 2.45. The number of hydrogen-bond donors (Lipinski definition) is 1. The predicted molar refractivity (Wildman–Crippen MR) is 75.2 cm³/mol. The first-order valence-corrected chi connectivity index (χ1v) is 6.43. The van der Waals surface area contributed by atoms with Gasteiger partial charge in [0.05, 0.1) is 11.9 Å². The molecule has 0 aliphatic carbocycles. The molecule has 0 saturated carbocycles. The second-order valence-electron chi connectivity index (χ2n) is 4.93. The van der Waals surface area contributed by atoms with Crippen molar-refractivity contribution in [3.8, 4) is 5.69 Å². The van der Waals surface area contributed by atoms with Crippen molar-refractivity contribution in [2.45, 2.75) is 33.6 Å². The summed E-state index contributed by atoms with van der Waals surface area (Å²) in [4.78, 5) is 0. The lowest BCUT2D eigenvalue weighted by Gasteiger charge is -2.11. The van der Waals surface area contributed by atoms with Crippen LogP contribution in [0.15, 0.2) is 24.5 Å². The van der Waals surface area contributed by atoms with Gasteiger partial charge < -0.3 is 5.73 Å². The van der Waals surface area contributed by atoms with Crippen molar-refractivity contribution >= 4 is 0 Å². The molecule has 96 valence electrons. The summed E-state index contributed by atoms with van der Waals surface area (Å²) in [6.45, 7) is 7.13. The normalized spacial score (nSPS) is 10.9. The van der Waals surface area contributed by atoms with E-state index >= 15 is 0 Å². The molecule has 2 rings (SSSR count). The number of nitrogens with two attached hydrogens (primary N) is 1. The summed E-state index contributed by atoms with van der Waals surface area (Å²) in [5.41, 5.74) is 11.8. The van der Waals surface area contributed by atoms with E-state index in [2.05, 4.69) is 44.2 Å². The predicted octanol–water partition coefficient (Wildman–Crippen LogP) is 2.69. The van der Waals surface area contributed by atoms with Crippen molar-refractivity contribution in [2.24, 2.45) is 5.73 Å². The third-order valence-electron chi connectivity index (χ3n) is 3.17. The molecule has 0 aliphatic rings. The van der Waals surface area contributed by atoms with Gasteiger partial charge in [0.2, 0.25) is 0 Å². The Hall–Kier alpha value is -1.61. The molecule has 0 saturated heterocycles. The molecule has 2 aromatic rings. The lowest BCUT2D eigenvalue weighted by Crippen LogP contribution is -2.01. The van der Waals surface area contributed by atoms with Crippen LogP contribution in [0.4, 0.5) is 0 Å². The molecule has 0 fully saturated rings. The first-order chi connectivity index (χ1) is 8.61. The van der Waals surface area contributed by atoms with Crippen LogP contribution in [0.1, 0.15) is 28.7 Å². The van der Waals surface area contributed by atoms with E-state index in [9.17, 15) is 0 Å². The number of rotatable bonds is 4. The second-order valence-corrected chi connectivity index (χ2v) is 4.93. The average Bonchev–Trinajstić information content (AvgIpc) is 2.73. The van der Waals surface area contributed by atoms with Gasteiger partial charge in [0.25, 0.3) is 0 Å². The van der Waals surface area contributed by atoms with Crippen LogP contribution in [0.2, 0.25) is 0 Å². The Kier molecular flexibility index (Phi) is 3.82. The molecule has 1 aromatic carbocycles. The molecule has 0 unspecified atom stereocenters. The largest absolute Gasteiger partial charge is 0.330 e. The smallest absolute Gasteiger partial charge is 0.0704 e. The minimum Gasteiger partial charge on any atom is -0.330 e. The van der Waals surface area contributed by atoms with Crippen LogP contribution in [-0.4, -0.2) is 16.3 Å². The molecule has 1 aromatic heterocycles. The Balaban J connectivity index is 2.34. The van der Waals surface area contributed by atoms with Crippen LogP contribution in [0, 0.1) is 20.8 Å². The zero-order chi connectivity index (χ0) is 13.1. The minimum atomic E-state index is 0.730. The molecule has 3 heteroatoms. The maximum Gasteiger partial charge on any atom is 0.0704 e.